The normalized spacial score (nSPS) is 10.9. The van der Waals surface area contributed by atoms with E-state index in [9.17, 15) is 0 Å². The molecule has 0 N–H and O–H groups in total. The molecule has 0 nitrogen and oxygen atoms in total. The molecule has 0 aliphatic rings. The SMILES string of the molecule is Cc1cc(C)c([I+]c2ccc3ccccc3c2)c(C)c1. The Morgan fingerprint density at radius 2 is 1.35 bits per heavy atom. The summed E-state index contributed by atoms with van der Waals surface area (Å²) in [5, 5.41) is 2.68. The van der Waals surface area contributed by atoms with Gasteiger partial charge in [-0.3, -0.25) is 0 Å². The summed E-state index contributed by atoms with van der Waals surface area (Å²) in [5.41, 5.74) is 4.26. The summed E-state index contributed by atoms with van der Waals surface area (Å²) in [6, 6.07) is 20.1. The van der Waals surface area contributed by atoms with E-state index >= 15 is 0 Å². The molecule has 0 saturated heterocycles. The molecule has 3 rings (SSSR count). The fourth-order valence-electron chi connectivity index (χ4n) is 2.64. The molecule has 0 radical (unpaired) electrons. The third-order valence-corrected chi connectivity index (χ3v) is 7.03. The Morgan fingerprint density at radius 3 is 2.05 bits per heavy atom. The van der Waals surface area contributed by atoms with E-state index in [4.69, 9.17) is 0 Å². The molecular weight excluding hydrogens is 355 g/mol. The maximum atomic E-state index is 2.36. The molecule has 0 bridgehead atoms. The van der Waals surface area contributed by atoms with E-state index < -0.39 is 0 Å². The van der Waals surface area contributed by atoms with Gasteiger partial charge in [-0.05, 0) is 49.7 Å². The number of halogens is 1. The van der Waals surface area contributed by atoms with Gasteiger partial charge in [0.15, 0.2) is 7.14 Å². The van der Waals surface area contributed by atoms with Gasteiger partial charge in [0.05, 0.1) is 0 Å². The van der Waals surface area contributed by atoms with Crippen LogP contribution < -0.4 is 21.2 Å². The van der Waals surface area contributed by atoms with Gasteiger partial charge in [-0.2, -0.15) is 0 Å². The number of aryl methyl sites for hydroxylation is 3. The lowest BCUT2D eigenvalue weighted by molar-refractivity contribution is -0.598. The third kappa shape index (κ3) is 2.73. The highest BCUT2D eigenvalue weighted by Gasteiger charge is 2.21. The molecule has 1 heteroatoms. The number of hydrogen-bond donors (Lipinski definition) is 0. The van der Waals surface area contributed by atoms with Crippen molar-refractivity contribution in [2.75, 3.05) is 0 Å². The van der Waals surface area contributed by atoms with Crippen molar-refractivity contribution in [2.45, 2.75) is 20.8 Å². The van der Waals surface area contributed by atoms with Crippen LogP contribution in [0.2, 0.25) is 0 Å². The van der Waals surface area contributed by atoms with E-state index in [0.717, 1.165) is 0 Å². The van der Waals surface area contributed by atoms with Gasteiger partial charge >= 0.3 is 21.2 Å². The van der Waals surface area contributed by atoms with Crippen molar-refractivity contribution in [2.24, 2.45) is 0 Å². The molecule has 20 heavy (non-hydrogen) atoms. The van der Waals surface area contributed by atoms with Crippen LogP contribution in [0, 0.1) is 27.9 Å². The molecule has 0 atom stereocenters. The van der Waals surface area contributed by atoms with E-state index in [1.54, 1.807) is 3.57 Å². The molecule has 0 heterocycles. The van der Waals surface area contributed by atoms with Crippen LogP contribution in [0.15, 0.2) is 54.6 Å². The fraction of sp³-hybridized carbons (Fsp3) is 0.158. The first kappa shape index (κ1) is 13.6. The highest BCUT2D eigenvalue weighted by atomic mass is 127. The van der Waals surface area contributed by atoms with E-state index in [2.05, 4.69) is 75.4 Å². The van der Waals surface area contributed by atoms with Crippen molar-refractivity contribution in [3.8, 4) is 0 Å². The Labute approximate surface area is 131 Å². The second-order valence-electron chi connectivity index (χ2n) is 5.30. The topological polar surface area (TPSA) is 0 Å². The molecule has 100 valence electrons. The zero-order valence-corrected chi connectivity index (χ0v) is 14.2. The largest absolute Gasteiger partial charge is 0.358 e. The molecule has 0 spiro atoms. The summed E-state index contributed by atoms with van der Waals surface area (Å²) >= 11 is -0.102. The number of benzene rings is 3. The molecule has 0 aliphatic carbocycles. The summed E-state index contributed by atoms with van der Waals surface area (Å²) in [5.74, 6) is 0. The molecule has 0 amide bonds. The van der Waals surface area contributed by atoms with Crippen LogP contribution in [0.3, 0.4) is 0 Å². The summed E-state index contributed by atoms with van der Waals surface area (Å²) in [6.07, 6.45) is 0. The lowest BCUT2D eigenvalue weighted by atomic mass is 10.1. The number of fused-ring (bicyclic) bond motifs is 1. The maximum Gasteiger partial charge on any atom is 0.358 e. The van der Waals surface area contributed by atoms with Crippen LogP contribution in [0.25, 0.3) is 10.8 Å². The molecule has 3 aromatic rings. The highest BCUT2D eigenvalue weighted by molar-refractivity contribution is 5.81. The van der Waals surface area contributed by atoms with Crippen molar-refractivity contribution < 1.29 is 21.2 Å². The van der Waals surface area contributed by atoms with Crippen molar-refractivity contribution >= 4 is 10.8 Å². The Balaban J connectivity index is 2.01. The molecule has 0 saturated carbocycles. The smallest absolute Gasteiger partial charge is 0.0616 e. The lowest BCUT2D eigenvalue weighted by Gasteiger charge is -2.01. The summed E-state index contributed by atoms with van der Waals surface area (Å²) in [4.78, 5) is 0. The Morgan fingerprint density at radius 1 is 0.700 bits per heavy atom. The molecule has 0 aliphatic heterocycles. The minimum Gasteiger partial charge on any atom is -0.0616 e. The van der Waals surface area contributed by atoms with Gasteiger partial charge in [0.1, 0.15) is 0 Å². The second kappa shape index (κ2) is 5.57. The van der Waals surface area contributed by atoms with Crippen molar-refractivity contribution in [1.82, 2.24) is 0 Å². The summed E-state index contributed by atoms with van der Waals surface area (Å²) in [7, 11) is 0. The van der Waals surface area contributed by atoms with Gasteiger partial charge in [0, 0.05) is 11.1 Å². The Bertz CT molecular complexity index is 749. The number of rotatable bonds is 2. The standard InChI is InChI=1S/C19H18I/c1-13-10-14(2)19(15(3)11-13)20-18-9-8-16-6-4-5-7-17(16)12-18/h4-12H,1-3H3/q+1. The van der Waals surface area contributed by atoms with Crippen LogP contribution in [0.1, 0.15) is 16.7 Å². The zero-order chi connectivity index (χ0) is 14.1. The van der Waals surface area contributed by atoms with Gasteiger partial charge in [-0.25, -0.2) is 0 Å². The predicted octanol–water partition coefficient (Wildman–Crippen LogP) is 1.89. The van der Waals surface area contributed by atoms with Crippen molar-refractivity contribution in [3.05, 3.63) is 78.4 Å². The van der Waals surface area contributed by atoms with E-state index in [-0.39, 0.29) is 21.2 Å². The summed E-state index contributed by atoms with van der Waals surface area (Å²) in [6.45, 7) is 6.67. The molecular formula is C19H18I+. The van der Waals surface area contributed by atoms with Gasteiger partial charge in [0.25, 0.3) is 0 Å². The number of hydrogen-bond acceptors (Lipinski definition) is 0. The zero-order valence-electron chi connectivity index (χ0n) is 12.1. The predicted molar refractivity (Wildman–Crippen MR) is 82.0 cm³/mol. The molecule has 0 fully saturated rings. The average Bonchev–Trinajstić information content (AvgIpc) is 2.42. The van der Waals surface area contributed by atoms with Crippen molar-refractivity contribution in [3.63, 3.8) is 0 Å². The van der Waals surface area contributed by atoms with Gasteiger partial charge in [-0.15, -0.1) is 0 Å². The molecule has 0 unspecified atom stereocenters. The molecule has 0 aromatic heterocycles. The Hall–Kier alpha value is -1.35. The second-order valence-corrected chi connectivity index (χ2v) is 8.16. The van der Waals surface area contributed by atoms with E-state index in [1.807, 2.05) is 0 Å². The highest BCUT2D eigenvalue weighted by Crippen LogP contribution is 2.12. The fourth-order valence-corrected chi connectivity index (χ4v) is 5.28. The minimum absolute atomic E-state index is 0.102. The van der Waals surface area contributed by atoms with Crippen LogP contribution in [-0.4, -0.2) is 0 Å². The molecule has 3 aromatic carbocycles. The van der Waals surface area contributed by atoms with Crippen LogP contribution in [-0.2, 0) is 0 Å². The summed E-state index contributed by atoms with van der Waals surface area (Å²) < 4.78 is 3.07. The minimum atomic E-state index is -0.102. The lowest BCUT2D eigenvalue weighted by Crippen LogP contribution is -3.62. The first-order valence-corrected chi connectivity index (χ1v) is 9.01. The van der Waals surface area contributed by atoms with Gasteiger partial charge in [-0.1, -0.05) is 42.0 Å². The van der Waals surface area contributed by atoms with E-state index in [1.165, 1.54) is 31.0 Å². The maximum absolute atomic E-state index is 2.36. The first-order valence-electron chi connectivity index (χ1n) is 6.85. The van der Waals surface area contributed by atoms with Crippen LogP contribution in [0.4, 0.5) is 0 Å². The third-order valence-electron chi connectivity index (χ3n) is 3.50. The monoisotopic (exact) mass is 373 g/mol. The van der Waals surface area contributed by atoms with Gasteiger partial charge in [0.2, 0.25) is 0 Å². The van der Waals surface area contributed by atoms with Crippen molar-refractivity contribution in [1.29, 1.82) is 0 Å². The van der Waals surface area contributed by atoms with Crippen LogP contribution >= 0.6 is 0 Å². The van der Waals surface area contributed by atoms with Gasteiger partial charge < -0.3 is 0 Å². The average molecular weight is 373 g/mol. The Kier molecular flexibility index (Phi) is 3.79. The van der Waals surface area contributed by atoms with Crippen LogP contribution in [0.5, 0.6) is 0 Å². The first-order chi connectivity index (χ1) is 9.63. The quantitative estimate of drug-likeness (QED) is 0.602. The van der Waals surface area contributed by atoms with E-state index in [0.29, 0.717) is 0 Å².